The van der Waals surface area contributed by atoms with E-state index in [4.69, 9.17) is 4.52 Å². The molecule has 3 fully saturated rings. The second-order valence-corrected chi connectivity index (χ2v) is 10.4. The summed E-state index contributed by atoms with van der Waals surface area (Å²) in [6, 6.07) is 1.70. The number of piperidine rings is 1. The second-order valence-electron chi connectivity index (χ2n) is 8.43. The Morgan fingerprint density at radius 2 is 2.00 bits per heavy atom. The van der Waals surface area contributed by atoms with Crippen LogP contribution in [-0.2, 0) is 0 Å². The average molecular weight is 430 g/mol. The van der Waals surface area contributed by atoms with Gasteiger partial charge in [-0.1, -0.05) is 23.0 Å². The Labute approximate surface area is 175 Å². The first-order valence-electron chi connectivity index (χ1n) is 10.7. The van der Waals surface area contributed by atoms with Crippen LogP contribution in [0.25, 0.3) is 0 Å². The summed E-state index contributed by atoms with van der Waals surface area (Å²) in [6.45, 7) is 8.68. The Morgan fingerprint density at radius 1 is 1.28 bits per heavy atom. The van der Waals surface area contributed by atoms with Crippen LogP contribution in [0.5, 0.6) is 0 Å². The van der Waals surface area contributed by atoms with E-state index in [2.05, 4.69) is 22.3 Å². The van der Waals surface area contributed by atoms with Gasteiger partial charge in [-0.25, -0.2) is 0 Å². The molecule has 0 bridgehead atoms. The molecule has 3 N–H and O–H groups in total. The topological polar surface area (TPSA) is 105 Å². The first-order valence-corrected chi connectivity index (χ1v) is 12.1. The smallest absolute Gasteiger partial charge is 0.273 e. The van der Waals surface area contributed by atoms with Gasteiger partial charge in [-0.2, -0.15) is 8.61 Å². The molecule has 10 heteroatoms. The van der Waals surface area contributed by atoms with Crippen molar-refractivity contribution in [1.82, 2.24) is 24.0 Å². The molecule has 166 valence electrons. The molecule has 2 saturated heterocycles. The van der Waals surface area contributed by atoms with Crippen molar-refractivity contribution >= 4 is 16.9 Å². The van der Waals surface area contributed by atoms with E-state index in [0.29, 0.717) is 44.1 Å². The third-order valence-electron chi connectivity index (χ3n) is 6.33. The number of rotatable bonds is 6. The molecule has 4 rings (SSSR count). The van der Waals surface area contributed by atoms with E-state index >= 15 is 0 Å². The number of carbonyl (C=O) groups is 1. The quantitative estimate of drug-likeness (QED) is 0.634. The van der Waals surface area contributed by atoms with Crippen molar-refractivity contribution < 1.29 is 19.8 Å². The lowest BCUT2D eigenvalue weighted by Crippen LogP contribution is -2.55. The molecule has 1 aromatic rings. The largest absolute Gasteiger partial charge is 0.360 e. The normalized spacial score (nSPS) is 28.4. The zero-order valence-corrected chi connectivity index (χ0v) is 18.1. The lowest BCUT2D eigenvalue weighted by atomic mass is 10.0. The highest BCUT2D eigenvalue weighted by Gasteiger charge is 2.39. The van der Waals surface area contributed by atoms with Crippen molar-refractivity contribution in [2.45, 2.75) is 57.5 Å². The van der Waals surface area contributed by atoms with Gasteiger partial charge in [-0.3, -0.25) is 13.9 Å². The molecule has 3 heterocycles. The summed E-state index contributed by atoms with van der Waals surface area (Å²) >= 11 is 0. The number of hydrogen-bond donors (Lipinski definition) is 3. The van der Waals surface area contributed by atoms with Crippen molar-refractivity contribution in [1.29, 1.82) is 0 Å². The van der Waals surface area contributed by atoms with Gasteiger partial charge in [-0.05, 0) is 39.2 Å². The van der Waals surface area contributed by atoms with Crippen molar-refractivity contribution in [2.24, 2.45) is 0 Å². The summed E-state index contributed by atoms with van der Waals surface area (Å²) in [6.07, 6.45) is 3.55. The zero-order chi connectivity index (χ0) is 20.6. The summed E-state index contributed by atoms with van der Waals surface area (Å²) in [4.78, 5) is 14.8. The zero-order valence-electron chi connectivity index (χ0n) is 17.3. The Balaban J connectivity index is 0.00000256. The van der Waals surface area contributed by atoms with Gasteiger partial charge in [0.1, 0.15) is 5.76 Å². The number of nitrogens with one attached hydrogen (secondary N) is 1. The Hall–Kier alpha value is -1.17. The maximum Gasteiger partial charge on any atom is 0.273 e. The molecule has 1 amide bonds. The molecule has 1 saturated carbocycles. The minimum absolute atomic E-state index is 0. The molecule has 1 aromatic heterocycles. The SMILES string of the molecule is CCN1CCN(S(O)(O)N2CC[C@H](NC(=O)c3cc(C4CC4)on3)C[C@@H]2C)CC1.[HH]. The number of aromatic nitrogens is 1. The molecule has 3 aliphatic rings. The highest BCUT2D eigenvalue weighted by Crippen LogP contribution is 2.50. The first kappa shape index (κ1) is 21.1. The van der Waals surface area contributed by atoms with Gasteiger partial charge in [0.25, 0.3) is 5.91 Å². The number of nitrogens with zero attached hydrogens (tertiary/aromatic N) is 4. The van der Waals surface area contributed by atoms with Gasteiger partial charge in [0.05, 0.1) is 0 Å². The maximum atomic E-state index is 12.5. The van der Waals surface area contributed by atoms with Gasteiger partial charge in [0.2, 0.25) is 0 Å². The molecular weight excluding hydrogens is 394 g/mol. The molecular formula is C19H35N5O4S. The standard InChI is InChI=1S/C19H33N5O4S.H2/c1-3-22-8-10-23(11-9-22)29(26,27)24-7-6-16(12-14(24)2)20-19(25)17-13-18(28-21-17)15-4-5-15;/h13-16,26-27H,3-12H2,1-2H3,(H,20,25);1H/t14-,16-;/m0./s1. The van der Waals surface area contributed by atoms with Crippen molar-refractivity contribution in [3.63, 3.8) is 0 Å². The summed E-state index contributed by atoms with van der Waals surface area (Å²) in [5.74, 6) is 1.01. The van der Waals surface area contributed by atoms with Crippen LogP contribution in [-0.4, -0.2) is 85.0 Å². The average Bonchev–Trinajstić information content (AvgIpc) is 3.44. The van der Waals surface area contributed by atoms with Crippen molar-refractivity contribution in [2.75, 3.05) is 39.3 Å². The van der Waals surface area contributed by atoms with Crippen LogP contribution in [0.15, 0.2) is 10.6 Å². The van der Waals surface area contributed by atoms with Gasteiger partial charge in [0.15, 0.2) is 5.69 Å². The van der Waals surface area contributed by atoms with Gasteiger partial charge < -0.3 is 14.7 Å². The number of amides is 1. The Morgan fingerprint density at radius 3 is 2.62 bits per heavy atom. The molecule has 2 aliphatic heterocycles. The summed E-state index contributed by atoms with van der Waals surface area (Å²) in [7, 11) is -2.97. The van der Waals surface area contributed by atoms with E-state index in [1.165, 1.54) is 0 Å². The molecule has 0 spiro atoms. The lowest BCUT2D eigenvalue weighted by molar-refractivity contribution is 0.0897. The van der Waals surface area contributed by atoms with Crippen LogP contribution in [0.3, 0.4) is 0 Å². The van der Waals surface area contributed by atoms with Crippen LogP contribution in [0, 0.1) is 0 Å². The van der Waals surface area contributed by atoms with Crippen LogP contribution in [0.4, 0.5) is 0 Å². The molecule has 2 atom stereocenters. The van der Waals surface area contributed by atoms with Gasteiger partial charge in [0, 0.05) is 58.2 Å². The predicted octanol–water partition coefficient (Wildman–Crippen LogP) is 2.60. The molecule has 0 unspecified atom stereocenters. The Bertz CT molecular complexity index is 724. The minimum atomic E-state index is -2.97. The fourth-order valence-corrected chi connectivity index (χ4v) is 6.17. The van der Waals surface area contributed by atoms with Crippen LogP contribution in [0.1, 0.15) is 63.1 Å². The van der Waals surface area contributed by atoms with Gasteiger partial charge in [-0.15, -0.1) is 0 Å². The fourth-order valence-electron chi connectivity index (χ4n) is 4.30. The van der Waals surface area contributed by atoms with E-state index in [9.17, 15) is 13.9 Å². The number of carbonyl (C=O) groups excluding carboxylic acids is 1. The minimum Gasteiger partial charge on any atom is -0.360 e. The van der Waals surface area contributed by atoms with Crippen LogP contribution < -0.4 is 5.32 Å². The Kier molecular flexibility index (Phi) is 6.19. The summed E-state index contributed by atoms with van der Waals surface area (Å²) in [5, 5.41) is 6.95. The maximum absolute atomic E-state index is 12.5. The molecule has 29 heavy (non-hydrogen) atoms. The molecule has 0 radical (unpaired) electrons. The second kappa shape index (κ2) is 8.52. The number of likely N-dealkylation sites (N-methyl/N-ethyl adjacent to an activating group) is 1. The highest BCUT2D eigenvalue weighted by molar-refractivity contribution is 8.20. The third-order valence-corrected chi connectivity index (χ3v) is 8.56. The fraction of sp³-hybridized carbons (Fsp3) is 0.789. The number of piperazine rings is 1. The van der Waals surface area contributed by atoms with E-state index in [1.54, 1.807) is 6.07 Å². The van der Waals surface area contributed by atoms with Gasteiger partial charge >= 0.3 is 0 Å². The predicted molar refractivity (Wildman–Crippen MR) is 114 cm³/mol. The molecule has 1 aliphatic carbocycles. The van der Waals surface area contributed by atoms with E-state index in [1.807, 2.05) is 15.5 Å². The monoisotopic (exact) mass is 429 g/mol. The van der Waals surface area contributed by atoms with Crippen molar-refractivity contribution in [3.05, 3.63) is 17.5 Å². The first-order chi connectivity index (χ1) is 13.9. The third kappa shape index (κ3) is 4.62. The molecule has 0 aromatic carbocycles. The molecule has 9 nitrogen and oxygen atoms in total. The summed E-state index contributed by atoms with van der Waals surface area (Å²) < 4.78 is 30.8. The van der Waals surface area contributed by atoms with E-state index in [-0.39, 0.29) is 19.4 Å². The number of hydrogen-bond acceptors (Lipinski definition) is 8. The highest BCUT2D eigenvalue weighted by atomic mass is 32.3. The lowest BCUT2D eigenvalue weighted by Gasteiger charge is -2.55. The van der Waals surface area contributed by atoms with Crippen molar-refractivity contribution in [3.8, 4) is 0 Å². The summed E-state index contributed by atoms with van der Waals surface area (Å²) in [5.41, 5.74) is 0.333. The van der Waals surface area contributed by atoms with E-state index < -0.39 is 11.0 Å². The van der Waals surface area contributed by atoms with Crippen LogP contribution >= 0.6 is 11.0 Å². The van der Waals surface area contributed by atoms with Crippen LogP contribution in [0.2, 0.25) is 0 Å². The van der Waals surface area contributed by atoms with E-state index in [0.717, 1.165) is 38.2 Å².